The molecule has 112 valence electrons. The van der Waals surface area contributed by atoms with Gasteiger partial charge in [0.15, 0.2) is 0 Å². The van der Waals surface area contributed by atoms with Gasteiger partial charge < -0.3 is 15.5 Å². The molecule has 1 aromatic carbocycles. The summed E-state index contributed by atoms with van der Waals surface area (Å²) < 4.78 is 0. The highest BCUT2D eigenvalue weighted by atomic mass is 16.2. The smallest absolute Gasteiger partial charge is 0.230 e. The van der Waals surface area contributed by atoms with E-state index in [9.17, 15) is 9.59 Å². The van der Waals surface area contributed by atoms with E-state index >= 15 is 0 Å². The van der Waals surface area contributed by atoms with Gasteiger partial charge >= 0.3 is 0 Å². The van der Waals surface area contributed by atoms with Gasteiger partial charge in [-0.25, -0.2) is 0 Å². The molecule has 1 aromatic rings. The van der Waals surface area contributed by atoms with Crippen LogP contribution >= 0.6 is 0 Å². The van der Waals surface area contributed by atoms with E-state index in [2.05, 4.69) is 0 Å². The molecule has 5 heteroatoms. The third-order valence-electron chi connectivity index (χ3n) is 4.56. The van der Waals surface area contributed by atoms with Crippen molar-refractivity contribution in [3.63, 3.8) is 0 Å². The molecule has 1 fully saturated rings. The van der Waals surface area contributed by atoms with Crippen molar-refractivity contribution in [2.45, 2.75) is 25.7 Å². The molecule has 21 heavy (non-hydrogen) atoms. The van der Waals surface area contributed by atoms with Crippen molar-refractivity contribution in [2.75, 3.05) is 30.8 Å². The molecule has 0 spiro atoms. The first-order chi connectivity index (χ1) is 10.1. The summed E-state index contributed by atoms with van der Waals surface area (Å²) in [6.07, 6.45) is 2.91. The molecule has 2 N–H and O–H groups in total. The number of nitrogen functional groups attached to an aromatic ring is 1. The minimum atomic E-state index is -0.193. The minimum Gasteiger partial charge on any atom is -0.398 e. The molecule has 3 rings (SSSR count). The molecule has 0 aliphatic carbocycles. The molecule has 0 aromatic heterocycles. The third-order valence-corrected chi connectivity index (χ3v) is 4.56. The Morgan fingerprint density at radius 2 is 2.14 bits per heavy atom. The summed E-state index contributed by atoms with van der Waals surface area (Å²) in [4.78, 5) is 28.2. The molecule has 0 bridgehead atoms. The number of rotatable bonds is 1. The zero-order valence-corrected chi connectivity index (χ0v) is 12.3. The lowest BCUT2D eigenvalue weighted by molar-refractivity contribution is -0.138. The Morgan fingerprint density at radius 1 is 1.33 bits per heavy atom. The number of nitrogens with zero attached hydrogens (tertiary/aromatic N) is 2. The maximum atomic E-state index is 12.8. The van der Waals surface area contributed by atoms with Gasteiger partial charge in [-0.05, 0) is 37.0 Å². The van der Waals surface area contributed by atoms with E-state index in [1.54, 1.807) is 11.9 Å². The van der Waals surface area contributed by atoms with Crippen LogP contribution in [-0.2, 0) is 16.0 Å². The Labute approximate surface area is 124 Å². The van der Waals surface area contributed by atoms with Crippen molar-refractivity contribution in [3.8, 4) is 0 Å². The number of nitrogens with two attached hydrogens (primary N) is 1. The number of amides is 2. The summed E-state index contributed by atoms with van der Waals surface area (Å²) in [7, 11) is 1.79. The van der Waals surface area contributed by atoms with Crippen molar-refractivity contribution < 1.29 is 9.59 Å². The lowest BCUT2D eigenvalue weighted by Crippen LogP contribution is -2.45. The monoisotopic (exact) mass is 287 g/mol. The minimum absolute atomic E-state index is 0.0596. The number of hydrogen-bond acceptors (Lipinski definition) is 3. The molecule has 1 unspecified atom stereocenters. The second-order valence-electron chi connectivity index (χ2n) is 5.94. The zero-order valence-electron chi connectivity index (χ0n) is 12.3. The van der Waals surface area contributed by atoms with E-state index in [1.807, 2.05) is 23.1 Å². The predicted octanol–water partition coefficient (Wildman–Crippen LogP) is 1.42. The largest absolute Gasteiger partial charge is 0.398 e. The molecule has 0 radical (unpaired) electrons. The standard InChI is InChI=1S/C16H21N3O2/c1-18-9-7-11(10-15(18)20)16(21)19-8-3-4-12-13(17)5-2-6-14(12)19/h2,5-6,11H,3-4,7-10,17H2,1H3. The van der Waals surface area contributed by atoms with Gasteiger partial charge in [0.05, 0.1) is 0 Å². The van der Waals surface area contributed by atoms with Gasteiger partial charge in [-0.1, -0.05) is 6.07 Å². The average molecular weight is 287 g/mol. The molecule has 1 atom stereocenters. The number of carbonyl (C=O) groups is 2. The molecule has 2 amide bonds. The first-order valence-corrected chi connectivity index (χ1v) is 7.50. The van der Waals surface area contributed by atoms with Crippen LogP contribution < -0.4 is 10.6 Å². The molecule has 2 aliphatic heterocycles. The van der Waals surface area contributed by atoms with Crippen LogP contribution in [0.25, 0.3) is 0 Å². The first kappa shape index (κ1) is 13.9. The number of piperidine rings is 1. The highest BCUT2D eigenvalue weighted by Crippen LogP contribution is 2.33. The van der Waals surface area contributed by atoms with Crippen LogP contribution in [0.3, 0.4) is 0 Å². The van der Waals surface area contributed by atoms with Crippen LogP contribution in [0.15, 0.2) is 18.2 Å². The van der Waals surface area contributed by atoms with Gasteiger partial charge in [-0.15, -0.1) is 0 Å². The molecule has 2 aliphatic rings. The third kappa shape index (κ3) is 2.48. The summed E-state index contributed by atoms with van der Waals surface area (Å²) in [5.74, 6) is -0.0616. The average Bonchev–Trinajstić information content (AvgIpc) is 2.49. The Morgan fingerprint density at radius 3 is 2.90 bits per heavy atom. The molecule has 2 heterocycles. The van der Waals surface area contributed by atoms with Crippen LogP contribution in [0.1, 0.15) is 24.8 Å². The lowest BCUT2D eigenvalue weighted by Gasteiger charge is -2.35. The second kappa shape index (κ2) is 5.39. The fourth-order valence-electron chi connectivity index (χ4n) is 3.25. The molecular weight excluding hydrogens is 266 g/mol. The quantitative estimate of drug-likeness (QED) is 0.794. The fraction of sp³-hybridized carbons (Fsp3) is 0.500. The van der Waals surface area contributed by atoms with Crippen LogP contribution in [0.2, 0.25) is 0 Å². The van der Waals surface area contributed by atoms with Crippen molar-refractivity contribution >= 4 is 23.2 Å². The Bertz CT molecular complexity index is 585. The SMILES string of the molecule is CN1CCC(C(=O)N2CCCc3c(N)cccc32)CC1=O. The van der Waals surface area contributed by atoms with E-state index in [0.29, 0.717) is 13.0 Å². The highest BCUT2D eigenvalue weighted by molar-refractivity contribution is 5.99. The summed E-state index contributed by atoms with van der Waals surface area (Å²) >= 11 is 0. The van der Waals surface area contributed by atoms with E-state index < -0.39 is 0 Å². The van der Waals surface area contributed by atoms with Crippen molar-refractivity contribution in [3.05, 3.63) is 23.8 Å². The number of anilines is 2. The van der Waals surface area contributed by atoms with Crippen molar-refractivity contribution in [1.29, 1.82) is 0 Å². The maximum absolute atomic E-state index is 12.8. The number of hydrogen-bond donors (Lipinski definition) is 1. The highest BCUT2D eigenvalue weighted by Gasteiger charge is 2.33. The van der Waals surface area contributed by atoms with Crippen molar-refractivity contribution in [1.82, 2.24) is 4.90 Å². The summed E-state index contributed by atoms with van der Waals surface area (Å²) in [6, 6.07) is 5.73. The topological polar surface area (TPSA) is 66.6 Å². The van der Waals surface area contributed by atoms with E-state index in [1.165, 1.54) is 0 Å². The first-order valence-electron chi connectivity index (χ1n) is 7.50. The van der Waals surface area contributed by atoms with Crippen LogP contribution in [0.5, 0.6) is 0 Å². The van der Waals surface area contributed by atoms with Gasteiger partial charge in [-0.3, -0.25) is 9.59 Å². The van der Waals surface area contributed by atoms with E-state index in [4.69, 9.17) is 5.73 Å². The Balaban J connectivity index is 1.84. The van der Waals surface area contributed by atoms with Crippen molar-refractivity contribution in [2.24, 2.45) is 5.92 Å². The van der Waals surface area contributed by atoms with Crippen LogP contribution in [-0.4, -0.2) is 36.9 Å². The Hall–Kier alpha value is -2.04. The van der Waals surface area contributed by atoms with Gasteiger partial charge in [0.25, 0.3) is 0 Å². The predicted molar refractivity (Wildman–Crippen MR) is 81.9 cm³/mol. The number of benzene rings is 1. The number of likely N-dealkylation sites (tertiary alicyclic amines) is 1. The van der Waals surface area contributed by atoms with Gasteiger partial charge in [0.1, 0.15) is 0 Å². The van der Waals surface area contributed by atoms with E-state index in [-0.39, 0.29) is 17.7 Å². The summed E-state index contributed by atoms with van der Waals surface area (Å²) in [6.45, 7) is 1.38. The molecule has 1 saturated heterocycles. The summed E-state index contributed by atoms with van der Waals surface area (Å²) in [5.41, 5.74) is 8.77. The van der Waals surface area contributed by atoms with Crippen LogP contribution in [0, 0.1) is 5.92 Å². The Kier molecular flexibility index (Phi) is 3.57. The van der Waals surface area contributed by atoms with Crippen LogP contribution in [0.4, 0.5) is 11.4 Å². The van der Waals surface area contributed by atoms with Gasteiger partial charge in [0.2, 0.25) is 11.8 Å². The fourth-order valence-corrected chi connectivity index (χ4v) is 3.25. The molecule has 5 nitrogen and oxygen atoms in total. The second-order valence-corrected chi connectivity index (χ2v) is 5.94. The lowest BCUT2D eigenvalue weighted by atomic mass is 9.92. The maximum Gasteiger partial charge on any atom is 0.230 e. The number of carbonyl (C=O) groups excluding carboxylic acids is 2. The molecule has 0 saturated carbocycles. The summed E-state index contributed by atoms with van der Waals surface area (Å²) in [5, 5.41) is 0. The normalized spacial score (nSPS) is 22.1. The zero-order chi connectivity index (χ0) is 15.0. The van der Waals surface area contributed by atoms with Gasteiger partial charge in [-0.2, -0.15) is 0 Å². The van der Waals surface area contributed by atoms with Gasteiger partial charge in [0, 0.05) is 43.9 Å². The molecular formula is C16H21N3O2. The number of fused-ring (bicyclic) bond motifs is 1. The van der Waals surface area contributed by atoms with E-state index in [0.717, 1.165) is 42.7 Å².